The number of rotatable bonds is 6. The average molecular weight is 420 g/mol. The molecule has 0 aliphatic carbocycles. The van der Waals surface area contributed by atoms with Crippen molar-refractivity contribution in [2.24, 2.45) is 0 Å². The highest BCUT2D eigenvalue weighted by atomic mass is 32.2. The number of aryl methyl sites for hydroxylation is 1. The molecule has 0 bridgehead atoms. The number of nitriles is 1. The van der Waals surface area contributed by atoms with Gasteiger partial charge in [-0.15, -0.1) is 0 Å². The van der Waals surface area contributed by atoms with Crippen LogP contribution in [0.5, 0.6) is 5.75 Å². The second-order valence-corrected chi connectivity index (χ2v) is 7.85. The third-order valence-corrected chi connectivity index (χ3v) is 5.34. The zero-order valence-corrected chi connectivity index (χ0v) is 17.5. The fraction of sp³-hybridized carbons (Fsp3) is 0.182. The lowest BCUT2D eigenvalue weighted by atomic mass is 10.1. The van der Waals surface area contributed by atoms with Crippen LogP contribution >= 0.6 is 11.8 Å². The number of thioether (sulfide) groups is 1. The largest absolute Gasteiger partial charge is 0.495 e. The number of aromatic amines is 1. The van der Waals surface area contributed by atoms with Gasteiger partial charge in [-0.05, 0) is 26.0 Å². The number of hydrogen-bond donors (Lipinski definition) is 2. The van der Waals surface area contributed by atoms with E-state index >= 15 is 0 Å². The van der Waals surface area contributed by atoms with Gasteiger partial charge in [-0.1, -0.05) is 53.7 Å². The summed E-state index contributed by atoms with van der Waals surface area (Å²) >= 11 is 1.10. The van der Waals surface area contributed by atoms with E-state index in [0.29, 0.717) is 22.7 Å². The normalized spacial score (nSPS) is 11.4. The number of anilines is 1. The molecular weight excluding hydrogens is 400 g/mol. The van der Waals surface area contributed by atoms with E-state index in [-0.39, 0.29) is 16.6 Å². The highest BCUT2D eigenvalue weighted by Crippen LogP contribution is 2.27. The summed E-state index contributed by atoms with van der Waals surface area (Å²) in [6, 6.07) is 16.4. The van der Waals surface area contributed by atoms with Crippen LogP contribution in [0.4, 0.5) is 5.69 Å². The number of hydrogen-bond acceptors (Lipinski definition) is 6. The van der Waals surface area contributed by atoms with Crippen LogP contribution < -0.4 is 15.6 Å². The summed E-state index contributed by atoms with van der Waals surface area (Å²) in [7, 11) is 1.53. The van der Waals surface area contributed by atoms with E-state index in [1.807, 2.05) is 43.3 Å². The standard InChI is InChI=1S/C22H20N4O3S/c1-13-8-10-15(11-9-13)19-16(12-23)21(28)26-22(25-19)30-14(2)20(27)24-17-6-4-5-7-18(17)29-3/h4-11,14H,1-3H3,(H,24,27)(H,25,26,28)/t14-/m0/s1. The topological polar surface area (TPSA) is 108 Å². The number of carbonyl (C=O) groups excluding carboxylic acids is 1. The van der Waals surface area contributed by atoms with E-state index in [2.05, 4.69) is 15.3 Å². The van der Waals surface area contributed by atoms with E-state index in [4.69, 9.17) is 4.74 Å². The Balaban J connectivity index is 1.85. The maximum atomic E-state index is 12.6. The molecule has 0 saturated heterocycles. The minimum Gasteiger partial charge on any atom is -0.495 e. The van der Waals surface area contributed by atoms with Crippen molar-refractivity contribution in [1.29, 1.82) is 5.26 Å². The van der Waals surface area contributed by atoms with Gasteiger partial charge in [0.05, 0.1) is 23.7 Å². The molecule has 3 rings (SSSR count). The first kappa shape index (κ1) is 21.1. The molecule has 0 spiro atoms. The van der Waals surface area contributed by atoms with Gasteiger partial charge in [0.15, 0.2) is 5.16 Å². The Hall–Kier alpha value is -3.57. The number of carbonyl (C=O) groups is 1. The first-order valence-electron chi connectivity index (χ1n) is 9.15. The zero-order valence-electron chi connectivity index (χ0n) is 16.7. The maximum Gasteiger partial charge on any atom is 0.270 e. The minimum atomic E-state index is -0.558. The molecule has 152 valence electrons. The molecule has 8 heteroatoms. The Labute approximate surface area is 178 Å². The summed E-state index contributed by atoms with van der Waals surface area (Å²) in [6.07, 6.45) is 0. The fourth-order valence-corrected chi connectivity index (χ4v) is 3.53. The summed E-state index contributed by atoms with van der Waals surface area (Å²) < 4.78 is 5.25. The van der Waals surface area contributed by atoms with Crippen LogP contribution in [0.25, 0.3) is 11.3 Å². The molecule has 2 N–H and O–H groups in total. The highest BCUT2D eigenvalue weighted by Gasteiger charge is 2.20. The van der Waals surface area contributed by atoms with Crippen LogP contribution in [0.1, 0.15) is 18.1 Å². The molecule has 7 nitrogen and oxygen atoms in total. The van der Waals surface area contributed by atoms with E-state index in [0.717, 1.165) is 17.3 Å². The van der Waals surface area contributed by atoms with E-state index in [9.17, 15) is 14.9 Å². The van der Waals surface area contributed by atoms with Crippen molar-refractivity contribution in [3.8, 4) is 23.1 Å². The van der Waals surface area contributed by atoms with Gasteiger partial charge in [-0.2, -0.15) is 5.26 Å². The van der Waals surface area contributed by atoms with Crippen molar-refractivity contribution in [2.75, 3.05) is 12.4 Å². The van der Waals surface area contributed by atoms with Gasteiger partial charge < -0.3 is 15.0 Å². The number of methoxy groups -OCH3 is 1. The monoisotopic (exact) mass is 420 g/mol. The summed E-state index contributed by atoms with van der Waals surface area (Å²) in [4.78, 5) is 32.1. The van der Waals surface area contributed by atoms with Gasteiger partial charge in [-0.3, -0.25) is 9.59 Å². The van der Waals surface area contributed by atoms with Gasteiger partial charge in [0.1, 0.15) is 17.4 Å². The molecule has 30 heavy (non-hydrogen) atoms. The molecule has 0 saturated carbocycles. The van der Waals surface area contributed by atoms with Crippen LogP contribution in [0.3, 0.4) is 0 Å². The number of nitrogens with zero attached hydrogens (tertiary/aromatic N) is 2. The number of benzene rings is 2. The SMILES string of the molecule is COc1ccccc1NC(=O)[C@H](C)Sc1nc(-c2ccc(C)cc2)c(C#N)c(=O)[nH]1. The van der Waals surface area contributed by atoms with E-state index in [1.165, 1.54) is 7.11 Å². The lowest BCUT2D eigenvalue weighted by molar-refractivity contribution is -0.115. The predicted molar refractivity (Wildman–Crippen MR) is 117 cm³/mol. The van der Waals surface area contributed by atoms with Crippen molar-refractivity contribution in [3.63, 3.8) is 0 Å². The Bertz CT molecular complexity index is 1170. The summed E-state index contributed by atoms with van der Waals surface area (Å²) in [6.45, 7) is 3.66. The molecule has 0 unspecified atom stereocenters. The summed E-state index contributed by atoms with van der Waals surface area (Å²) in [5, 5.41) is 11.9. The van der Waals surface area contributed by atoms with Crippen LogP contribution in [-0.4, -0.2) is 28.2 Å². The summed E-state index contributed by atoms with van der Waals surface area (Å²) in [5.41, 5.74) is 1.96. The van der Waals surface area contributed by atoms with Crippen molar-refractivity contribution in [1.82, 2.24) is 9.97 Å². The summed E-state index contributed by atoms with van der Waals surface area (Å²) in [5.74, 6) is 0.281. The van der Waals surface area contributed by atoms with Crippen LogP contribution in [0.15, 0.2) is 58.5 Å². The molecule has 1 amide bonds. The predicted octanol–water partition coefficient (Wildman–Crippen LogP) is 3.74. The zero-order chi connectivity index (χ0) is 21.7. The molecule has 0 aliphatic heterocycles. The lowest BCUT2D eigenvalue weighted by Gasteiger charge is -2.14. The number of H-pyrrole nitrogens is 1. The van der Waals surface area contributed by atoms with Crippen LogP contribution in [0, 0.1) is 18.3 Å². The molecule has 1 heterocycles. The second kappa shape index (κ2) is 9.29. The number of aromatic nitrogens is 2. The molecule has 0 radical (unpaired) electrons. The molecule has 2 aromatic carbocycles. The number of para-hydroxylation sites is 2. The molecule has 1 aromatic heterocycles. The fourth-order valence-electron chi connectivity index (χ4n) is 2.74. The molecule has 1 atom stereocenters. The van der Waals surface area contributed by atoms with Gasteiger partial charge in [0.25, 0.3) is 5.56 Å². The first-order valence-corrected chi connectivity index (χ1v) is 10.0. The first-order chi connectivity index (χ1) is 14.4. The maximum absolute atomic E-state index is 12.6. The second-order valence-electron chi connectivity index (χ2n) is 6.52. The van der Waals surface area contributed by atoms with Gasteiger partial charge >= 0.3 is 0 Å². The van der Waals surface area contributed by atoms with Gasteiger partial charge in [0, 0.05) is 5.56 Å². The number of amides is 1. The number of ether oxygens (including phenoxy) is 1. The van der Waals surface area contributed by atoms with Crippen LogP contribution in [-0.2, 0) is 4.79 Å². The van der Waals surface area contributed by atoms with E-state index < -0.39 is 10.8 Å². The van der Waals surface area contributed by atoms with Crippen LogP contribution in [0.2, 0.25) is 0 Å². The van der Waals surface area contributed by atoms with Crippen molar-refractivity contribution in [3.05, 3.63) is 70.0 Å². The molecular formula is C22H20N4O3S. The van der Waals surface area contributed by atoms with E-state index in [1.54, 1.807) is 25.1 Å². The Morgan fingerprint density at radius 1 is 1.23 bits per heavy atom. The minimum absolute atomic E-state index is 0.0608. The third kappa shape index (κ3) is 4.70. The average Bonchev–Trinajstić information content (AvgIpc) is 2.74. The Morgan fingerprint density at radius 3 is 2.60 bits per heavy atom. The van der Waals surface area contributed by atoms with Gasteiger partial charge in [0.2, 0.25) is 5.91 Å². The Kier molecular flexibility index (Phi) is 6.54. The molecule has 0 aliphatic rings. The molecule has 3 aromatic rings. The number of nitrogens with one attached hydrogen (secondary N) is 2. The third-order valence-electron chi connectivity index (χ3n) is 4.36. The van der Waals surface area contributed by atoms with Crippen molar-refractivity contribution in [2.45, 2.75) is 24.3 Å². The quantitative estimate of drug-likeness (QED) is 0.465. The van der Waals surface area contributed by atoms with Crippen molar-refractivity contribution < 1.29 is 9.53 Å². The lowest BCUT2D eigenvalue weighted by Crippen LogP contribution is -2.24. The van der Waals surface area contributed by atoms with Crippen molar-refractivity contribution >= 4 is 23.4 Å². The highest BCUT2D eigenvalue weighted by molar-refractivity contribution is 8.00. The van der Waals surface area contributed by atoms with Gasteiger partial charge in [-0.25, -0.2) is 4.98 Å². The molecule has 0 fully saturated rings. The Morgan fingerprint density at radius 2 is 1.93 bits per heavy atom. The smallest absolute Gasteiger partial charge is 0.270 e.